The molecule has 4 nitrogen and oxygen atoms in total. The summed E-state index contributed by atoms with van der Waals surface area (Å²) in [4.78, 5) is 28.5. The van der Waals surface area contributed by atoms with Crippen LogP contribution in [-0.4, -0.2) is 53.7 Å². The third kappa shape index (κ3) is 2.31. The maximum absolute atomic E-state index is 12.2. The van der Waals surface area contributed by atoms with Crippen LogP contribution in [0.2, 0.25) is 0 Å². The van der Waals surface area contributed by atoms with E-state index in [0.717, 1.165) is 45.2 Å². The van der Waals surface area contributed by atoms with E-state index >= 15 is 0 Å². The van der Waals surface area contributed by atoms with Gasteiger partial charge in [-0.15, -0.1) is 0 Å². The van der Waals surface area contributed by atoms with Crippen molar-refractivity contribution in [1.82, 2.24) is 9.80 Å². The van der Waals surface area contributed by atoms with E-state index in [9.17, 15) is 9.59 Å². The van der Waals surface area contributed by atoms with Crippen LogP contribution in [0.15, 0.2) is 0 Å². The zero-order valence-electron chi connectivity index (χ0n) is 11.8. The molecule has 0 spiro atoms. The minimum Gasteiger partial charge on any atom is -0.344 e. The first kappa shape index (κ1) is 13.1. The first-order valence-corrected chi connectivity index (χ1v) is 7.72. The molecule has 3 aliphatic rings. The van der Waals surface area contributed by atoms with Crippen LogP contribution in [0.25, 0.3) is 0 Å². The van der Waals surface area contributed by atoms with Gasteiger partial charge < -0.3 is 4.90 Å². The lowest BCUT2D eigenvalue weighted by Crippen LogP contribution is -2.52. The maximum Gasteiger partial charge on any atom is 0.239 e. The molecule has 106 valence electrons. The molecule has 1 amide bonds. The zero-order chi connectivity index (χ0) is 13.4. The second-order valence-corrected chi connectivity index (χ2v) is 6.33. The fraction of sp³-hybridized carbons (Fsp3) is 0.867. The third-order valence-corrected chi connectivity index (χ3v) is 5.21. The van der Waals surface area contributed by atoms with Gasteiger partial charge in [0.15, 0.2) is 0 Å². The molecule has 0 N–H and O–H groups in total. The minimum atomic E-state index is 0.0451. The van der Waals surface area contributed by atoms with Crippen molar-refractivity contribution in [2.24, 2.45) is 5.92 Å². The second kappa shape index (κ2) is 5.23. The highest BCUT2D eigenvalue weighted by molar-refractivity contribution is 5.85. The summed E-state index contributed by atoms with van der Waals surface area (Å²) in [6.45, 7) is 1.87. The van der Waals surface area contributed by atoms with Gasteiger partial charge in [0, 0.05) is 32.0 Å². The van der Waals surface area contributed by atoms with Gasteiger partial charge in [0.25, 0.3) is 0 Å². The van der Waals surface area contributed by atoms with Crippen molar-refractivity contribution >= 4 is 11.7 Å². The number of rotatable bonds is 2. The Kier molecular flexibility index (Phi) is 3.61. The van der Waals surface area contributed by atoms with E-state index in [1.54, 1.807) is 0 Å². The summed E-state index contributed by atoms with van der Waals surface area (Å²) in [5, 5.41) is 0. The van der Waals surface area contributed by atoms with Crippen molar-refractivity contribution < 1.29 is 9.59 Å². The SMILES string of the molecule is CN1CCC(N2CCCCC2C2CCCC2=O)C1=O. The Morgan fingerprint density at radius 2 is 1.84 bits per heavy atom. The largest absolute Gasteiger partial charge is 0.344 e. The molecule has 3 rings (SSSR count). The van der Waals surface area contributed by atoms with Gasteiger partial charge in [-0.2, -0.15) is 0 Å². The molecule has 0 aromatic heterocycles. The van der Waals surface area contributed by atoms with Crippen molar-refractivity contribution in [3.8, 4) is 0 Å². The summed E-state index contributed by atoms with van der Waals surface area (Å²) in [6.07, 6.45) is 7.26. The zero-order valence-corrected chi connectivity index (χ0v) is 11.8. The molecule has 2 aliphatic heterocycles. The van der Waals surface area contributed by atoms with Crippen LogP contribution in [0.5, 0.6) is 0 Å². The maximum atomic E-state index is 12.2. The van der Waals surface area contributed by atoms with Crippen molar-refractivity contribution in [2.45, 2.75) is 57.0 Å². The summed E-state index contributed by atoms with van der Waals surface area (Å²) in [5.74, 6) is 0.909. The molecule has 0 radical (unpaired) electrons. The van der Waals surface area contributed by atoms with E-state index in [0.29, 0.717) is 11.8 Å². The number of likely N-dealkylation sites (N-methyl/N-ethyl adjacent to an activating group) is 1. The molecule has 1 saturated carbocycles. The summed E-state index contributed by atoms with van der Waals surface area (Å²) < 4.78 is 0. The highest BCUT2D eigenvalue weighted by atomic mass is 16.2. The quantitative estimate of drug-likeness (QED) is 0.758. The van der Waals surface area contributed by atoms with E-state index < -0.39 is 0 Å². The number of hydrogen-bond donors (Lipinski definition) is 0. The Balaban J connectivity index is 1.77. The Labute approximate surface area is 115 Å². The van der Waals surface area contributed by atoms with Gasteiger partial charge in [-0.05, 0) is 38.6 Å². The molecule has 3 fully saturated rings. The number of hydrogen-bond acceptors (Lipinski definition) is 3. The average Bonchev–Trinajstić information content (AvgIpc) is 2.98. The second-order valence-electron chi connectivity index (χ2n) is 6.33. The van der Waals surface area contributed by atoms with Gasteiger partial charge in [-0.3, -0.25) is 14.5 Å². The molecule has 0 aromatic carbocycles. The standard InChI is InChI=1S/C15H24N2O2/c1-16-10-8-13(15(16)19)17-9-3-2-6-12(17)11-5-4-7-14(11)18/h11-13H,2-10H2,1H3. The number of carbonyl (C=O) groups is 2. The van der Waals surface area contributed by atoms with Crippen LogP contribution in [0, 0.1) is 5.92 Å². The summed E-state index contributed by atoms with van der Waals surface area (Å²) in [5.41, 5.74) is 0. The van der Waals surface area contributed by atoms with E-state index in [1.807, 2.05) is 11.9 Å². The Morgan fingerprint density at radius 3 is 2.47 bits per heavy atom. The predicted molar refractivity (Wildman–Crippen MR) is 72.7 cm³/mol. The smallest absolute Gasteiger partial charge is 0.239 e. The fourth-order valence-electron chi connectivity index (χ4n) is 4.16. The number of Topliss-reactive ketones (excluding diaryl/α,β-unsaturated/α-hetero) is 1. The fourth-order valence-corrected chi connectivity index (χ4v) is 4.16. The molecular formula is C15H24N2O2. The highest BCUT2D eigenvalue weighted by Crippen LogP contribution is 2.35. The van der Waals surface area contributed by atoms with Crippen LogP contribution in [0.3, 0.4) is 0 Å². The monoisotopic (exact) mass is 264 g/mol. The van der Waals surface area contributed by atoms with Crippen molar-refractivity contribution in [1.29, 1.82) is 0 Å². The number of likely N-dealkylation sites (tertiary alicyclic amines) is 2. The van der Waals surface area contributed by atoms with Gasteiger partial charge in [0.2, 0.25) is 5.91 Å². The van der Waals surface area contributed by atoms with Crippen LogP contribution in [-0.2, 0) is 9.59 Å². The van der Waals surface area contributed by atoms with Gasteiger partial charge in [0.1, 0.15) is 5.78 Å². The third-order valence-electron chi connectivity index (χ3n) is 5.21. The van der Waals surface area contributed by atoms with Crippen molar-refractivity contribution in [3.05, 3.63) is 0 Å². The molecule has 1 aliphatic carbocycles. The molecule has 3 unspecified atom stereocenters. The number of ketones is 1. The van der Waals surface area contributed by atoms with Crippen molar-refractivity contribution in [3.63, 3.8) is 0 Å². The Morgan fingerprint density at radius 1 is 1.00 bits per heavy atom. The number of amides is 1. The lowest BCUT2D eigenvalue weighted by Gasteiger charge is -2.41. The predicted octanol–water partition coefficient (Wildman–Crippen LogP) is 1.44. The van der Waals surface area contributed by atoms with Crippen LogP contribution in [0.4, 0.5) is 0 Å². The lowest BCUT2D eigenvalue weighted by atomic mass is 9.87. The van der Waals surface area contributed by atoms with Crippen molar-refractivity contribution in [2.75, 3.05) is 20.1 Å². The van der Waals surface area contributed by atoms with E-state index in [-0.39, 0.29) is 17.9 Å². The first-order valence-electron chi connectivity index (χ1n) is 7.72. The molecule has 0 aromatic rings. The van der Waals surface area contributed by atoms with Crippen LogP contribution < -0.4 is 0 Å². The van der Waals surface area contributed by atoms with Gasteiger partial charge in [-0.25, -0.2) is 0 Å². The van der Waals surface area contributed by atoms with Crippen LogP contribution >= 0.6 is 0 Å². The first-order chi connectivity index (χ1) is 9.18. The van der Waals surface area contributed by atoms with Gasteiger partial charge in [-0.1, -0.05) is 6.42 Å². The Bertz CT molecular complexity index is 382. The molecule has 4 heteroatoms. The topological polar surface area (TPSA) is 40.6 Å². The number of carbonyl (C=O) groups excluding carboxylic acids is 2. The van der Waals surface area contributed by atoms with E-state index in [1.165, 1.54) is 12.8 Å². The van der Waals surface area contributed by atoms with E-state index in [4.69, 9.17) is 0 Å². The summed E-state index contributed by atoms with van der Waals surface area (Å²) in [6, 6.07) is 0.382. The normalized spacial score (nSPS) is 37.3. The average molecular weight is 264 g/mol. The Hall–Kier alpha value is -0.900. The summed E-state index contributed by atoms with van der Waals surface area (Å²) >= 11 is 0. The minimum absolute atomic E-state index is 0.0451. The molecule has 19 heavy (non-hydrogen) atoms. The van der Waals surface area contributed by atoms with Gasteiger partial charge in [0.05, 0.1) is 6.04 Å². The van der Waals surface area contributed by atoms with E-state index in [2.05, 4.69) is 4.90 Å². The van der Waals surface area contributed by atoms with Gasteiger partial charge >= 0.3 is 0 Å². The lowest BCUT2D eigenvalue weighted by molar-refractivity contribution is -0.134. The highest BCUT2D eigenvalue weighted by Gasteiger charge is 2.43. The number of nitrogens with zero attached hydrogens (tertiary/aromatic N) is 2. The van der Waals surface area contributed by atoms with Crippen LogP contribution in [0.1, 0.15) is 44.9 Å². The molecule has 2 heterocycles. The number of piperidine rings is 1. The molecule has 0 bridgehead atoms. The molecular weight excluding hydrogens is 240 g/mol. The molecule has 2 saturated heterocycles. The molecule has 3 atom stereocenters. The summed E-state index contributed by atoms with van der Waals surface area (Å²) in [7, 11) is 1.89.